The third-order valence-corrected chi connectivity index (χ3v) is 4.79. The average molecular weight is 302 g/mol. The molecule has 0 saturated carbocycles. The molecule has 1 atom stereocenters. The molecule has 4 nitrogen and oxygen atoms in total. The molecule has 1 aromatic heterocycles. The number of ether oxygens (including phenoxy) is 1. The third-order valence-electron chi connectivity index (χ3n) is 3.76. The lowest BCUT2D eigenvalue weighted by molar-refractivity contribution is 0.102. The average Bonchev–Trinajstić information content (AvgIpc) is 2.88. The predicted molar refractivity (Wildman–Crippen MR) is 84.3 cm³/mol. The summed E-state index contributed by atoms with van der Waals surface area (Å²) in [5.41, 5.74) is 1.68. The number of carbonyl (C=O) groups is 1. The number of amides is 1. The summed E-state index contributed by atoms with van der Waals surface area (Å²) in [5.74, 6) is 1.10. The minimum atomic E-state index is -0.174. The van der Waals surface area contributed by atoms with E-state index in [-0.39, 0.29) is 5.91 Å². The summed E-state index contributed by atoms with van der Waals surface area (Å²) in [4.78, 5) is 18.2. The van der Waals surface area contributed by atoms with Crippen LogP contribution in [0.2, 0.25) is 0 Å². The second kappa shape index (κ2) is 5.85. The summed E-state index contributed by atoms with van der Waals surface area (Å²) in [5, 5.41) is 3.58. The van der Waals surface area contributed by atoms with Gasteiger partial charge >= 0.3 is 0 Å². The molecule has 110 valence electrons. The normalized spacial score (nSPS) is 17.1. The number of rotatable bonds is 3. The molecule has 0 spiro atoms. The van der Waals surface area contributed by atoms with Crippen molar-refractivity contribution in [2.24, 2.45) is 5.92 Å². The van der Waals surface area contributed by atoms with Gasteiger partial charge in [-0.1, -0.05) is 19.1 Å². The third kappa shape index (κ3) is 2.93. The molecule has 0 bridgehead atoms. The first-order valence-electron chi connectivity index (χ1n) is 7.10. The fourth-order valence-electron chi connectivity index (χ4n) is 2.59. The molecule has 1 amide bonds. The van der Waals surface area contributed by atoms with Crippen LogP contribution >= 0.6 is 11.3 Å². The van der Waals surface area contributed by atoms with Gasteiger partial charge in [0.1, 0.15) is 5.75 Å². The highest BCUT2D eigenvalue weighted by molar-refractivity contribution is 7.15. The Morgan fingerprint density at radius 2 is 2.24 bits per heavy atom. The van der Waals surface area contributed by atoms with Crippen LogP contribution in [0.25, 0.3) is 0 Å². The van der Waals surface area contributed by atoms with Crippen LogP contribution in [0.4, 0.5) is 5.13 Å². The van der Waals surface area contributed by atoms with Crippen molar-refractivity contribution in [3.05, 3.63) is 40.4 Å². The Balaban J connectivity index is 1.79. The first-order chi connectivity index (χ1) is 10.2. The maximum Gasteiger partial charge on any atom is 0.261 e. The van der Waals surface area contributed by atoms with Crippen LogP contribution in [0.1, 0.15) is 34.3 Å². The number of carbonyl (C=O) groups excluding carboxylic acids is 1. The number of methoxy groups -OCH3 is 1. The van der Waals surface area contributed by atoms with E-state index < -0.39 is 0 Å². The van der Waals surface area contributed by atoms with Crippen LogP contribution in [0.15, 0.2) is 24.3 Å². The minimum Gasteiger partial charge on any atom is -0.496 e. The number of nitrogens with one attached hydrogen (secondary N) is 1. The number of hydrogen-bond acceptors (Lipinski definition) is 4. The summed E-state index contributed by atoms with van der Waals surface area (Å²) in [6.07, 6.45) is 3.26. The summed E-state index contributed by atoms with van der Waals surface area (Å²) >= 11 is 1.59. The Hall–Kier alpha value is -1.88. The number of hydrogen-bond donors (Lipinski definition) is 1. The second-order valence-corrected chi connectivity index (χ2v) is 6.47. The number of thiazole rings is 1. The van der Waals surface area contributed by atoms with Crippen molar-refractivity contribution in [2.75, 3.05) is 12.4 Å². The number of benzene rings is 1. The number of nitrogens with zero attached hydrogens (tertiary/aromatic N) is 1. The maximum atomic E-state index is 12.3. The van der Waals surface area contributed by atoms with E-state index in [9.17, 15) is 4.79 Å². The van der Waals surface area contributed by atoms with Gasteiger partial charge in [-0.05, 0) is 37.3 Å². The standard InChI is InChI=1S/C16H18N2O2S/c1-10-7-8-12-14(9-10)21-16(17-12)18-15(19)11-5-3-4-6-13(11)20-2/h3-6,10H,7-9H2,1-2H3,(H,17,18,19)/t10-/m0/s1. The van der Waals surface area contributed by atoms with Crippen LogP contribution in [-0.2, 0) is 12.8 Å². The van der Waals surface area contributed by atoms with Crippen molar-refractivity contribution in [2.45, 2.75) is 26.2 Å². The van der Waals surface area contributed by atoms with Gasteiger partial charge in [0.15, 0.2) is 5.13 Å². The van der Waals surface area contributed by atoms with E-state index in [0.717, 1.165) is 18.5 Å². The largest absolute Gasteiger partial charge is 0.496 e. The van der Waals surface area contributed by atoms with Crippen molar-refractivity contribution in [1.82, 2.24) is 4.98 Å². The smallest absolute Gasteiger partial charge is 0.261 e. The lowest BCUT2D eigenvalue weighted by Gasteiger charge is -2.15. The van der Waals surface area contributed by atoms with E-state index in [4.69, 9.17) is 4.74 Å². The molecule has 0 radical (unpaired) electrons. The van der Waals surface area contributed by atoms with Crippen molar-refractivity contribution in [1.29, 1.82) is 0 Å². The first-order valence-corrected chi connectivity index (χ1v) is 7.92. The molecule has 1 N–H and O–H groups in total. The van der Waals surface area contributed by atoms with Crippen LogP contribution in [0.3, 0.4) is 0 Å². The zero-order chi connectivity index (χ0) is 14.8. The van der Waals surface area contributed by atoms with Gasteiger partial charge in [-0.15, -0.1) is 11.3 Å². The van der Waals surface area contributed by atoms with Gasteiger partial charge in [0, 0.05) is 4.88 Å². The lowest BCUT2D eigenvalue weighted by atomic mass is 9.93. The Morgan fingerprint density at radius 1 is 1.43 bits per heavy atom. The van der Waals surface area contributed by atoms with E-state index in [1.165, 1.54) is 11.3 Å². The highest BCUT2D eigenvalue weighted by Gasteiger charge is 2.21. The molecule has 1 aliphatic carbocycles. The molecular weight excluding hydrogens is 284 g/mol. The van der Waals surface area contributed by atoms with Crippen LogP contribution in [0.5, 0.6) is 5.75 Å². The molecule has 1 aliphatic rings. The number of fused-ring (bicyclic) bond motifs is 1. The second-order valence-electron chi connectivity index (χ2n) is 5.39. The van der Waals surface area contributed by atoms with E-state index in [2.05, 4.69) is 17.2 Å². The molecule has 0 saturated heterocycles. The SMILES string of the molecule is COc1ccccc1C(=O)Nc1nc2c(s1)C[C@@H](C)CC2. The summed E-state index contributed by atoms with van der Waals surface area (Å²) in [7, 11) is 1.57. The fourth-order valence-corrected chi connectivity index (χ4v) is 3.76. The number of anilines is 1. The van der Waals surface area contributed by atoms with Crippen molar-refractivity contribution in [3.63, 3.8) is 0 Å². The fraction of sp³-hybridized carbons (Fsp3) is 0.375. The Bertz CT molecular complexity index is 666. The molecule has 0 unspecified atom stereocenters. The topological polar surface area (TPSA) is 51.2 Å². The monoisotopic (exact) mass is 302 g/mol. The highest BCUT2D eigenvalue weighted by Crippen LogP contribution is 2.32. The van der Waals surface area contributed by atoms with Crippen molar-refractivity contribution >= 4 is 22.4 Å². The zero-order valence-corrected chi connectivity index (χ0v) is 13.0. The predicted octanol–water partition coefficient (Wildman–Crippen LogP) is 3.53. The van der Waals surface area contributed by atoms with Gasteiger partial charge in [-0.2, -0.15) is 0 Å². The van der Waals surface area contributed by atoms with Gasteiger partial charge in [-0.3, -0.25) is 10.1 Å². The molecule has 5 heteroatoms. The van der Waals surface area contributed by atoms with E-state index in [1.807, 2.05) is 12.1 Å². The first kappa shape index (κ1) is 14.1. The minimum absolute atomic E-state index is 0.174. The van der Waals surface area contributed by atoms with E-state index in [0.29, 0.717) is 22.4 Å². The van der Waals surface area contributed by atoms with Gasteiger partial charge in [0.05, 0.1) is 18.4 Å². The van der Waals surface area contributed by atoms with Crippen LogP contribution in [-0.4, -0.2) is 18.0 Å². The summed E-state index contributed by atoms with van der Waals surface area (Å²) in [6, 6.07) is 7.21. The molecule has 3 rings (SSSR count). The quantitative estimate of drug-likeness (QED) is 0.943. The Labute approximate surface area is 128 Å². The Kier molecular flexibility index (Phi) is 3.92. The molecule has 21 heavy (non-hydrogen) atoms. The van der Waals surface area contributed by atoms with Crippen molar-refractivity contribution < 1.29 is 9.53 Å². The van der Waals surface area contributed by atoms with Crippen LogP contribution in [0, 0.1) is 5.92 Å². The summed E-state index contributed by atoms with van der Waals surface area (Å²) in [6.45, 7) is 2.26. The van der Waals surface area contributed by atoms with Crippen molar-refractivity contribution in [3.8, 4) is 5.75 Å². The molecule has 0 fully saturated rings. The highest BCUT2D eigenvalue weighted by atomic mass is 32.1. The van der Waals surface area contributed by atoms with E-state index >= 15 is 0 Å². The molecule has 1 aromatic carbocycles. The number of aromatic nitrogens is 1. The molecule has 0 aliphatic heterocycles. The molecule has 1 heterocycles. The van der Waals surface area contributed by atoms with Gasteiger partial charge in [-0.25, -0.2) is 4.98 Å². The number of para-hydroxylation sites is 1. The van der Waals surface area contributed by atoms with Crippen LogP contribution < -0.4 is 10.1 Å². The Morgan fingerprint density at radius 3 is 3.05 bits per heavy atom. The maximum absolute atomic E-state index is 12.3. The van der Waals surface area contributed by atoms with Gasteiger partial charge in [0.2, 0.25) is 0 Å². The van der Waals surface area contributed by atoms with Gasteiger partial charge < -0.3 is 4.74 Å². The zero-order valence-electron chi connectivity index (χ0n) is 12.2. The molecular formula is C16H18N2O2S. The molecule has 2 aromatic rings. The van der Waals surface area contributed by atoms with E-state index in [1.54, 1.807) is 30.6 Å². The lowest BCUT2D eigenvalue weighted by Crippen LogP contribution is -2.13. The van der Waals surface area contributed by atoms with Gasteiger partial charge in [0.25, 0.3) is 5.91 Å². The number of aryl methyl sites for hydroxylation is 1. The summed E-state index contributed by atoms with van der Waals surface area (Å²) < 4.78 is 5.22.